The minimum absolute atomic E-state index is 0.0109. The molecule has 0 atom stereocenters. The standard InChI is InChI=1S/C11H16ClN3O3S/c1-7(2)15-10(16)6-14-19(17,18)11-8(12)4-3-5-9(11)13/h3-5,7,14H,6,13H2,1-2H3,(H,15,16). The lowest BCUT2D eigenvalue weighted by molar-refractivity contribution is -0.120. The van der Waals surface area contributed by atoms with Gasteiger partial charge in [-0.25, -0.2) is 13.1 Å². The smallest absolute Gasteiger partial charge is 0.244 e. The summed E-state index contributed by atoms with van der Waals surface area (Å²) in [5.41, 5.74) is 5.62. The first-order valence-electron chi connectivity index (χ1n) is 5.57. The van der Waals surface area contributed by atoms with Crippen molar-refractivity contribution in [1.82, 2.24) is 10.0 Å². The lowest BCUT2D eigenvalue weighted by atomic mass is 10.3. The van der Waals surface area contributed by atoms with Gasteiger partial charge in [0.2, 0.25) is 15.9 Å². The van der Waals surface area contributed by atoms with Crippen LogP contribution in [0.3, 0.4) is 0 Å². The molecule has 19 heavy (non-hydrogen) atoms. The molecule has 0 aliphatic rings. The number of nitrogens with one attached hydrogen (secondary N) is 2. The molecule has 0 fully saturated rings. The topological polar surface area (TPSA) is 101 Å². The molecule has 6 nitrogen and oxygen atoms in total. The van der Waals surface area contributed by atoms with Gasteiger partial charge in [0, 0.05) is 6.04 Å². The van der Waals surface area contributed by atoms with Gasteiger partial charge < -0.3 is 11.1 Å². The van der Waals surface area contributed by atoms with Crippen LogP contribution in [0.5, 0.6) is 0 Å². The lowest BCUT2D eigenvalue weighted by Crippen LogP contribution is -2.40. The molecule has 0 unspecified atom stereocenters. The van der Waals surface area contributed by atoms with Gasteiger partial charge in [-0.3, -0.25) is 4.79 Å². The largest absolute Gasteiger partial charge is 0.398 e. The van der Waals surface area contributed by atoms with Crippen molar-refractivity contribution in [3.05, 3.63) is 23.2 Å². The fraction of sp³-hybridized carbons (Fsp3) is 0.364. The molecule has 0 radical (unpaired) electrons. The number of nitrogen functional groups attached to an aromatic ring is 1. The highest BCUT2D eigenvalue weighted by atomic mass is 35.5. The average molecular weight is 306 g/mol. The zero-order chi connectivity index (χ0) is 14.6. The Labute approximate surface area is 117 Å². The summed E-state index contributed by atoms with van der Waals surface area (Å²) in [6, 6.07) is 4.32. The number of anilines is 1. The molecule has 0 spiro atoms. The molecule has 0 bridgehead atoms. The average Bonchev–Trinajstić information content (AvgIpc) is 2.25. The van der Waals surface area contributed by atoms with E-state index in [2.05, 4.69) is 10.0 Å². The van der Waals surface area contributed by atoms with Gasteiger partial charge in [0.1, 0.15) is 4.90 Å². The highest BCUT2D eigenvalue weighted by Gasteiger charge is 2.21. The van der Waals surface area contributed by atoms with E-state index in [1.165, 1.54) is 12.1 Å². The maximum atomic E-state index is 12.0. The van der Waals surface area contributed by atoms with Gasteiger partial charge in [0.05, 0.1) is 17.3 Å². The van der Waals surface area contributed by atoms with Gasteiger partial charge in [-0.1, -0.05) is 17.7 Å². The molecule has 0 aliphatic carbocycles. The van der Waals surface area contributed by atoms with E-state index in [0.717, 1.165) is 0 Å². The van der Waals surface area contributed by atoms with E-state index in [1.807, 2.05) is 0 Å². The van der Waals surface area contributed by atoms with Crippen LogP contribution in [0, 0.1) is 0 Å². The number of nitrogens with two attached hydrogens (primary N) is 1. The molecule has 0 heterocycles. The van der Waals surface area contributed by atoms with Crippen molar-refractivity contribution in [3.8, 4) is 0 Å². The number of benzene rings is 1. The Morgan fingerprint density at radius 2 is 2.05 bits per heavy atom. The molecule has 0 aliphatic heterocycles. The molecular weight excluding hydrogens is 290 g/mol. The van der Waals surface area contributed by atoms with Crippen LogP contribution in [0.25, 0.3) is 0 Å². The maximum absolute atomic E-state index is 12.0. The first kappa shape index (κ1) is 15.7. The number of carbonyl (C=O) groups is 1. The van der Waals surface area contributed by atoms with E-state index in [4.69, 9.17) is 17.3 Å². The monoisotopic (exact) mass is 305 g/mol. The second kappa shape index (κ2) is 6.23. The number of carbonyl (C=O) groups excluding carboxylic acids is 1. The minimum Gasteiger partial charge on any atom is -0.398 e. The van der Waals surface area contributed by atoms with Crippen LogP contribution in [0.15, 0.2) is 23.1 Å². The van der Waals surface area contributed by atoms with Crippen molar-refractivity contribution < 1.29 is 13.2 Å². The van der Waals surface area contributed by atoms with E-state index in [1.54, 1.807) is 19.9 Å². The van der Waals surface area contributed by atoms with Crippen molar-refractivity contribution in [1.29, 1.82) is 0 Å². The Hall–Kier alpha value is -1.31. The summed E-state index contributed by atoms with van der Waals surface area (Å²) in [5.74, 6) is -0.427. The molecule has 1 rings (SSSR count). The van der Waals surface area contributed by atoms with Crippen LogP contribution >= 0.6 is 11.6 Å². The Kier molecular flexibility index (Phi) is 5.16. The molecular formula is C11H16ClN3O3S. The zero-order valence-corrected chi connectivity index (χ0v) is 12.2. The number of hydrogen-bond donors (Lipinski definition) is 3. The molecule has 1 amide bonds. The predicted molar refractivity (Wildman–Crippen MR) is 74.3 cm³/mol. The number of halogens is 1. The third-order valence-electron chi connectivity index (χ3n) is 2.14. The number of hydrogen-bond acceptors (Lipinski definition) is 4. The van der Waals surface area contributed by atoms with Crippen LogP contribution < -0.4 is 15.8 Å². The van der Waals surface area contributed by atoms with Crippen molar-refractivity contribution in [2.75, 3.05) is 12.3 Å². The summed E-state index contributed by atoms with van der Waals surface area (Å²) < 4.78 is 26.2. The Bertz CT molecular complexity index is 552. The van der Waals surface area contributed by atoms with Gasteiger partial charge >= 0.3 is 0 Å². The van der Waals surface area contributed by atoms with E-state index in [-0.39, 0.29) is 28.2 Å². The summed E-state index contributed by atoms with van der Waals surface area (Å²) in [7, 11) is -3.92. The summed E-state index contributed by atoms with van der Waals surface area (Å²) >= 11 is 5.81. The number of sulfonamides is 1. The van der Waals surface area contributed by atoms with Gasteiger partial charge in [0.25, 0.3) is 0 Å². The van der Waals surface area contributed by atoms with Crippen molar-refractivity contribution in [2.24, 2.45) is 0 Å². The van der Waals surface area contributed by atoms with Gasteiger partial charge in [-0.05, 0) is 26.0 Å². The summed E-state index contributed by atoms with van der Waals surface area (Å²) in [6.07, 6.45) is 0. The van der Waals surface area contributed by atoms with Crippen LogP contribution in [0.4, 0.5) is 5.69 Å². The van der Waals surface area contributed by atoms with Crippen molar-refractivity contribution >= 4 is 33.2 Å². The Balaban J connectivity index is 2.85. The molecule has 1 aromatic carbocycles. The zero-order valence-electron chi connectivity index (χ0n) is 10.6. The third-order valence-corrected chi connectivity index (χ3v) is 4.08. The number of rotatable bonds is 5. The lowest BCUT2D eigenvalue weighted by Gasteiger charge is -2.12. The quantitative estimate of drug-likeness (QED) is 0.698. The molecule has 1 aromatic rings. The third kappa shape index (κ3) is 4.38. The fourth-order valence-corrected chi connectivity index (χ4v) is 3.07. The Morgan fingerprint density at radius 1 is 1.42 bits per heavy atom. The predicted octanol–water partition coefficient (Wildman–Crippen LogP) is 0.725. The normalized spacial score (nSPS) is 11.6. The summed E-state index contributed by atoms with van der Waals surface area (Å²) in [4.78, 5) is 11.2. The second-order valence-corrected chi connectivity index (χ2v) is 6.32. The van der Waals surface area contributed by atoms with E-state index < -0.39 is 15.9 Å². The van der Waals surface area contributed by atoms with Crippen LogP contribution in [0.2, 0.25) is 5.02 Å². The van der Waals surface area contributed by atoms with E-state index >= 15 is 0 Å². The van der Waals surface area contributed by atoms with E-state index in [0.29, 0.717) is 0 Å². The van der Waals surface area contributed by atoms with Crippen LogP contribution in [0.1, 0.15) is 13.8 Å². The van der Waals surface area contributed by atoms with Crippen molar-refractivity contribution in [2.45, 2.75) is 24.8 Å². The number of amides is 1. The summed E-state index contributed by atoms with van der Waals surface area (Å²) in [6.45, 7) is 3.18. The second-order valence-electron chi connectivity index (χ2n) is 4.20. The van der Waals surface area contributed by atoms with Crippen molar-refractivity contribution in [3.63, 3.8) is 0 Å². The van der Waals surface area contributed by atoms with Gasteiger partial charge in [-0.15, -0.1) is 0 Å². The minimum atomic E-state index is -3.92. The fourth-order valence-electron chi connectivity index (χ4n) is 1.41. The SMILES string of the molecule is CC(C)NC(=O)CNS(=O)(=O)c1c(N)cccc1Cl. The molecule has 4 N–H and O–H groups in total. The first-order valence-corrected chi connectivity index (χ1v) is 7.43. The maximum Gasteiger partial charge on any atom is 0.244 e. The molecule has 0 aromatic heterocycles. The van der Waals surface area contributed by atoms with Gasteiger partial charge in [0.15, 0.2) is 0 Å². The Morgan fingerprint density at radius 3 is 2.58 bits per heavy atom. The molecule has 0 saturated carbocycles. The highest BCUT2D eigenvalue weighted by molar-refractivity contribution is 7.89. The van der Waals surface area contributed by atoms with Gasteiger partial charge in [-0.2, -0.15) is 0 Å². The first-order chi connectivity index (χ1) is 8.74. The highest BCUT2D eigenvalue weighted by Crippen LogP contribution is 2.26. The molecule has 106 valence electrons. The van der Waals surface area contributed by atoms with Crippen LogP contribution in [-0.4, -0.2) is 26.9 Å². The molecule has 0 saturated heterocycles. The van der Waals surface area contributed by atoms with Crippen LogP contribution in [-0.2, 0) is 14.8 Å². The summed E-state index contributed by atoms with van der Waals surface area (Å²) in [5, 5.41) is 2.58. The van der Waals surface area contributed by atoms with E-state index in [9.17, 15) is 13.2 Å². The molecule has 8 heteroatoms.